The number of thiazole rings is 1. The van der Waals surface area contributed by atoms with E-state index < -0.39 is 0 Å². The third-order valence-electron chi connectivity index (χ3n) is 3.52. The van der Waals surface area contributed by atoms with Crippen LogP contribution in [0.5, 0.6) is 0 Å². The highest BCUT2D eigenvalue weighted by atomic mass is 32.1. The van der Waals surface area contributed by atoms with Crippen molar-refractivity contribution in [3.63, 3.8) is 0 Å². The molecule has 0 aliphatic rings. The molecule has 0 saturated heterocycles. The van der Waals surface area contributed by atoms with Crippen molar-refractivity contribution < 1.29 is 0 Å². The minimum absolute atomic E-state index is 0.553. The molecule has 1 heterocycles. The van der Waals surface area contributed by atoms with E-state index in [2.05, 4.69) is 45.0 Å². The molecule has 3 nitrogen and oxygen atoms in total. The van der Waals surface area contributed by atoms with Gasteiger partial charge < -0.3 is 10.2 Å². The second kappa shape index (κ2) is 8.54. The van der Waals surface area contributed by atoms with Crippen molar-refractivity contribution in [2.75, 3.05) is 18.5 Å². The van der Waals surface area contributed by atoms with Crippen LogP contribution in [0.4, 0.5) is 5.13 Å². The first kappa shape index (κ1) is 16.4. The largest absolute Gasteiger partial charge is 0.348 e. The predicted octanol–water partition coefficient (Wildman–Crippen LogP) is 3.83. The second-order valence-electron chi connectivity index (χ2n) is 5.16. The van der Waals surface area contributed by atoms with Crippen molar-refractivity contribution in [3.8, 4) is 0 Å². The Bertz CT molecular complexity index is 362. The maximum Gasteiger partial charge on any atom is 0.185 e. The molecule has 1 N–H and O–H groups in total. The van der Waals surface area contributed by atoms with E-state index >= 15 is 0 Å². The van der Waals surface area contributed by atoms with E-state index in [9.17, 15) is 0 Å². The number of aryl methyl sites for hydroxylation is 1. The minimum Gasteiger partial charge on any atom is -0.348 e. The van der Waals surface area contributed by atoms with E-state index in [4.69, 9.17) is 4.98 Å². The van der Waals surface area contributed by atoms with Crippen LogP contribution in [0.15, 0.2) is 0 Å². The molecule has 0 amide bonds. The van der Waals surface area contributed by atoms with E-state index in [1.54, 1.807) is 0 Å². The molecule has 0 aliphatic carbocycles. The van der Waals surface area contributed by atoms with Crippen LogP contribution in [0, 0.1) is 0 Å². The molecular formula is C15H29N3S. The van der Waals surface area contributed by atoms with Crippen LogP contribution in [0.25, 0.3) is 0 Å². The van der Waals surface area contributed by atoms with Gasteiger partial charge in [0.25, 0.3) is 0 Å². The average Bonchev–Trinajstić information content (AvgIpc) is 2.81. The quantitative estimate of drug-likeness (QED) is 0.698. The number of nitrogens with one attached hydrogen (secondary N) is 1. The van der Waals surface area contributed by atoms with E-state index in [1.165, 1.54) is 22.1 Å². The van der Waals surface area contributed by atoms with E-state index in [1.807, 2.05) is 11.3 Å². The van der Waals surface area contributed by atoms with Gasteiger partial charge in [0, 0.05) is 24.5 Å². The molecule has 1 aromatic heterocycles. The molecule has 0 fully saturated rings. The molecule has 0 radical (unpaired) electrons. The fourth-order valence-electron chi connectivity index (χ4n) is 1.93. The zero-order chi connectivity index (χ0) is 14.3. The fourth-order valence-corrected chi connectivity index (χ4v) is 3.07. The molecule has 0 bridgehead atoms. The molecule has 19 heavy (non-hydrogen) atoms. The molecule has 1 unspecified atom stereocenters. The van der Waals surface area contributed by atoms with Crippen molar-refractivity contribution in [3.05, 3.63) is 10.6 Å². The Morgan fingerprint density at radius 2 is 2.00 bits per heavy atom. The molecule has 110 valence electrons. The Kier molecular flexibility index (Phi) is 7.39. The lowest BCUT2D eigenvalue weighted by Crippen LogP contribution is -2.27. The molecule has 0 spiro atoms. The summed E-state index contributed by atoms with van der Waals surface area (Å²) in [6.07, 6.45) is 4.59. The predicted molar refractivity (Wildman–Crippen MR) is 86.3 cm³/mol. The van der Waals surface area contributed by atoms with Gasteiger partial charge in [0.15, 0.2) is 5.13 Å². The van der Waals surface area contributed by atoms with Crippen LogP contribution in [-0.4, -0.2) is 24.6 Å². The summed E-state index contributed by atoms with van der Waals surface area (Å²) < 4.78 is 0. The normalized spacial score (nSPS) is 12.7. The first-order chi connectivity index (χ1) is 9.13. The standard InChI is InChI=1S/C15H29N3S/c1-6-9-13-14(11-16-10-7-2)19-15(17-13)18(5)12(4)8-3/h12,16H,6-11H2,1-5H3. The molecule has 1 aromatic rings. The SMILES string of the molecule is CCCNCc1sc(N(C)C(C)CC)nc1CCC. The molecule has 0 aliphatic heterocycles. The molecule has 4 heteroatoms. The fraction of sp³-hybridized carbons (Fsp3) is 0.800. The van der Waals surface area contributed by atoms with Gasteiger partial charge in [0.05, 0.1) is 5.69 Å². The number of hydrogen-bond donors (Lipinski definition) is 1. The van der Waals surface area contributed by atoms with Gasteiger partial charge in [-0.2, -0.15) is 0 Å². The number of nitrogens with zero attached hydrogens (tertiary/aromatic N) is 2. The highest BCUT2D eigenvalue weighted by Gasteiger charge is 2.16. The van der Waals surface area contributed by atoms with Gasteiger partial charge in [0.1, 0.15) is 0 Å². The van der Waals surface area contributed by atoms with Crippen molar-refractivity contribution >= 4 is 16.5 Å². The third kappa shape index (κ3) is 4.77. The minimum atomic E-state index is 0.553. The van der Waals surface area contributed by atoms with Crippen LogP contribution in [0.1, 0.15) is 57.5 Å². The smallest absolute Gasteiger partial charge is 0.185 e. The zero-order valence-corrected chi connectivity index (χ0v) is 13.9. The molecule has 0 aromatic carbocycles. The van der Waals surface area contributed by atoms with Crippen LogP contribution in [0.3, 0.4) is 0 Å². The van der Waals surface area contributed by atoms with Crippen molar-refractivity contribution in [1.29, 1.82) is 0 Å². The van der Waals surface area contributed by atoms with Gasteiger partial charge in [-0.25, -0.2) is 4.98 Å². The highest BCUT2D eigenvalue weighted by molar-refractivity contribution is 7.15. The summed E-state index contributed by atoms with van der Waals surface area (Å²) in [6.45, 7) is 11.0. The Hall–Kier alpha value is -0.610. The van der Waals surface area contributed by atoms with E-state index in [0.29, 0.717) is 6.04 Å². The maximum absolute atomic E-state index is 4.85. The van der Waals surface area contributed by atoms with Gasteiger partial charge in [0.2, 0.25) is 0 Å². The lowest BCUT2D eigenvalue weighted by Gasteiger charge is -2.22. The van der Waals surface area contributed by atoms with Crippen molar-refractivity contribution in [2.24, 2.45) is 0 Å². The number of aromatic nitrogens is 1. The maximum atomic E-state index is 4.85. The average molecular weight is 283 g/mol. The molecule has 1 atom stereocenters. The zero-order valence-electron chi connectivity index (χ0n) is 13.1. The number of hydrogen-bond acceptors (Lipinski definition) is 4. The lowest BCUT2D eigenvalue weighted by molar-refractivity contribution is 0.660. The first-order valence-corrected chi connectivity index (χ1v) is 8.37. The summed E-state index contributed by atoms with van der Waals surface area (Å²) in [4.78, 5) is 8.58. The summed E-state index contributed by atoms with van der Waals surface area (Å²) >= 11 is 1.85. The number of anilines is 1. The summed E-state index contributed by atoms with van der Waals surface area (Å²) in [5.74, 6) is 0. The number of rotatable bonds is 9. The van der Waals surface area contributed by atoms with Crippen LogP contribution in [-0.2, 0) is 13.0 Å². The lowest BCUT2D eigenvalue weighted by atomic mass is 10.2. The van der Waals surface area contributed by atoms with E-state index in [-0.39, 0.29) is 0 Å². The van der Waals surface area contributed by atoms with Crippen LogP contribution >= 0.6 is 11.3 Å². The Labute approximate surface area is 122 Å². The first-order valence-electron chi connectivity index (χ1n) is 7.56. The summed E-state index contributed by atoms with van der Waals surface area (Å²) in [7, 11) is 2.16. The third-order valence-corrected chi connectivity index (χ3v) is 4.71. The van der Waals surface area contributed by atoms with Crippen LogP contribution in [0.2, 0.25) is 0 Å². The van der Waals surface area contributed by atoms with Gasteiger partial charge in [-0.3, -0.25) is 0 Å². The highest BCUT2D eigenvalue weighted by Crippen LogP contribution is 2.28. The Balaban J connectivity index is 2.80. The molecular weight excluding hydrogens is 254 g/mol. The van der Waals surface area contributed by atoms with E-state index in [0.717, 1.165) is 32.4 Å². The second-order valence-corrected chi connectivity index (χ2v) is 6.22. The van der Waals surface area contributed by atoms with Gasteiger partial charge in [-0.15, -0.1) is 11.3 Å². The topological polar surface area (TPSA) is 28.2 Å². The van der Waals surface area contributed by atoms with Crippen molar-refractivity contribution in [1.82, 2.24) is 10.3 Å². The van der Waals surface area contributed by atoms with Crippen LogP contribution < -0.4 is 10.2 Å². The molecule has 1 rings (SSSR count). The monoisotopic (exact) mass is 283 g/mol. The van der Waals surface area contributed by atoms with Gasteiger partial charge >= 0.3 is 0 Å². The summed E-state index contributed by atoms with van der Waals surface area (Å²) in [5, 5.41) is 4.67. The Morgan fingerprint density at radius 3 is 2.58 bits per heavy atom. The van der Waals surface area contributed by atoms with Gasteiger partial charge in [-0.1, -0.05) is 27.2 Å². The summed E-state index contributed by atoms with van der Waals surface area (Å²) in [5.41, 5.74) is 1.29. The summed E-state index contributed by atoms with van der Waals surface area (Å²) in [6, 6.07) is 0.553. The Morgan fingerprint density at radius 1 is 1.26 bits per heavy atom. The van der Waals surface area contributed by atoms with Gasteiger partial charge in [-0.05, 0) is 32.7 Å². The van der Waals surface area contributed by atoms with Crippen molar-refractivity contribution in [2.45, 2.75) is 66.0 Å². The molecule has 0 saturated carbocycles.